The molecule has 1 aliphatic carbocycles. The van der Waals surface area contributed by atoms with Crippen LogP contribution in [0.1, 0.15) is 38.5 Å². The number of aromatic nitrogens is 1. The number of carbonyl (C=O) groups is 1. The lowest BCUT2D eigenvalue weighted by atomic mass is 9.98. The van der Waals surface area contributed by atoms with Gasteiger partial charge in [-0.15, -0.1) is 0 Å². The van der Waals surface area contributed by atoms with E-state index >= 15 is 0 Å². The highest BCUT2D eigenvalue weighted by molar-refractivity contribution is 5.78. The van der Waals surface area contributed by atoms with Crippen molar-refractivity contribution < 1.29 is 19.0 Å². The van der Waals surface area contributed by atoms with Crippen LogP contribution < -0.4 is 4.74 Å². The van der Waals surface area contributed by atoms with E-state index in [0.29, 0.717) is 19.0 Å². The van der Waals surface area contributed by atoms with Crippen LogP contribution in [0.4, 0.5) is 0 Å². The number of rotatable bonds is 5. The van der Waals surface area contributed by atoms with Crippen molar-refractivity contribution in [3.05, 3.63) is 24.4 Å². The number of hydrogen-bond acceptors (Lipinski definition) is 5. The second kappa shape index (κ2) is 7.30. The summed E-state index contributed by atoms with van der Waals surface area (Å²) in [5, 5.41) is 0. The van der Waals surface area contributed by atoms with Crippen molar-refractivity contribution >= 4 is 5.91 Å². The maximum absolute atomic E-state index is 12.4. The Morgan fingerprint density at radius 2 is 2.20 bits per heavy atom. The van der Waals surface area contributed by atoms with E-state index in [9.17, 15) is 4.79 Å². The van der Waals surface area contributed by atoms with Crippen LogP contribution >= 0.6 is 0 Å². The van der Waals surface area contributed by atoms with Crippen molar-refractivity contribution in [1.82, 2.24) is 9.88 Å². The van der Waals surface area contributed by atoms with Gasteiger partial charge in [0.15, 0.2) is 0 Å². The molecule has 2 saturated heterocycles. The molecule has 3 heterocycles. The number of nitrogens with zero attached hydrogens (tertiary/aromatic N) is 2. The molecule has 2 atom stereocenters. The Hall–Kier alpha value is -1.66. The van der Waals surface area contributed by atoms with Crippen molar-refractivity contribution in [2.24, 2.45) is 0 Å². The quantitative estimate of drug-likeness (QED) is 0.818. The Labute approximate surface area is 148 Å². The predicted octanol–water partition coefficient (Wildman–Crippen LogP) is 2.18. The van der Waals surface area contributed by atoms with E-state index in [4.69, 9.17) is 14.2 Å². The van der Waals surface area contributed by atoms with E-state index < -0.39 is 0 Å². The zero-order valence-electron chi connectivity index (χ0n) is 14.6. The highest BCUT2D eigenvalue weighted by atomic mass is 16.6. The molecule has 136 valence electrons. The molecule has 3 aliphatic rings. The van der Waals surface area contributed by atoms with Gasteiger partial charge in [0.1, 0.15) is 12.7 Å². The largest absolute Gasteiger partial charge is 0.472 e. The van der Waals surface area contributed by atoms with E-state index in [1.807, 2.05) is 23.1 Å². The standard InChI is InChI=1S/C19H26N2O4/c22-18(13-23-15-5-1-2-6-15)21-10-8-19(14-21)11-16(12-24-19)25-17-7-3-4-9-20-17/h3-4,7,9,15-16H,1-2,5-6,8,10-14H2/t16-,19-/m0/s1. The summed E-state index contributed by atoms with van der Waals surface area (Å²) in [6.45, 7) is 2.14. The van der Waals surface area contributed by atoms with Crippen LogP contribution in [0.3, 0.4) is 0 Å². The molecule has 1 spiro atoms. The summed E-state index contributed by atoms with van der Waals surface area (Å²) in [6, 6.07) is 5.64. The van der Waals surface area contributed by atoms with Gasteiger partial charge in [-0.3, -0.25) is 4.79 Å². The number of ether oxygens (including phenoxy) is 3. The molecule has 1 saturated carbocycles. The molecule has 0 bridgehead atoms. The second-order valence-electron chi connectivity index (χ2n) is 7.39. The average Bonchev–Trinajstić information content (AvgIpc) is 3.37. The van der Waals surface area contributed by atoms with Gasteiger partial charge in [-0.25, -0.2) is 4.98 Å². The number of hydrogen-bond donors (Lipinski definition) is 0. The number of likely N-dealkylation sites (tertiary alicyclic amines) is 1. The molecule has 0 unspecified atom stereocenters. The third-order valence-electron chi connectivity index (χ3n) is 5.51. The first-order valence-electron chi connectivity index (χ1n) is 9.33. The number of amides is 1. The summed E-state index contributed by atoms with van der Waals surface area (Å²) in [5.74, 6) is 0.713. The molecule has 0 N–H and O–H groups in total. The van der Waals surface area contributed by atoms with Crippen molar-refractivity contribution in [3.8, 4) is 5.88 Å². The Kier molecular flexibility index (Phi) is 4.90. The molecule has 1 aromatic rings. The van der Waals surface area contributed by atoms with Gasteiger partial charge in [-0.2, -0.15) is 0 Å². The van der Waals surface area contributed by atoms with Gasteiger partial charge in [0, 0.05) is 31.8 Å². The van der Waals surface area contributed by atoms with Crippen LogP contribution in [-0.4, -0.2) is 59.9 Å². The molecule has 25 heavy (non-hydrogen) atoms. The number of pyridine rings is 1. The summed E-state index contributed by atoms with van der Waals surface area (Å²) in [7, 11) is 0. The zero-order chi connectivity index (χ0) is 17.1. The van der Waals surface area contributed by atoms with Gasteiger partial charge in [0.05, 0.1) is 18.3 Å². The second-order valence-corrected chi connectivity index (χ2v) is 7.39. The molecule has 4 rings (SSSR count). The fourth-order valence-corrected chi connectivity index (χ4v) is 4.14. The minimum absolute atomic E-state index is 0.000286. The van der Waals surface area contributed by atoms with Gasteiger partial charge in [0.2, 0.25) is 11.8 Å². The lowest BCUT2D eigenvalue weighted by molar-refractivity contribution is -0.138. The van der Waals surface area contributed by atoms with E-state index in [-0.39, 0.29) is 30.3 Å². The van der Waals surface area contributed by atoms with Crippen molar-refractivity contribution in [1.29, 1.82) is 0 Å². The molecule has 0 radical (unpaired) electrons. The van der Waals surface area contributed by atoms with Crippen LogP contribution in [0.15, 0.2) is 24.4 Å². The fourth-order valence-electron chi connectivity index (χ4n) is 4.14. The minimum Gasteiger partial charge on any atom is -0.472 e. The molecule has 3 fully saturated rings. The Bertz CT molecular complexity index is 590. The van der Waals surface area contributed by atoms with Crippen molar-refractivity contribution in [2.45, 2.75) is 56.3 Å². The molecule has 6 heteroatoms. The van der Waals surface area contributed by atoms with Crippen LogP contribution in [0.5, 0.6) is 5.88 Å². The summed E-state index contributed by atoms with van der Waals surface area (Å²) in [5.41, 5.74) is -0.261. The molecular weight excluding hydrogens is 320 g/mol. The average molecular weight is 346 g/mol. The highest BCUT2D eigenvalue weighted by Crippen LogP contribution is 2.36. The lowest BCUT2D eigenvalue weighted by Crippen LogP contribution is -2.38. The van der Waals surface area contributed by atoms with Gasteiger partial charge in [-0.05, 0) is 25.3 Å². The third kappa shape index (κ3) is 3.96. The molecule has 1 aromatic heterocycles. The van der Waals surface area contributed by atoms with Crippen molar-refractivity contribution in [3.63, 3.8) is 0 Å². The Morgan fingerprint density at radius 1 is 1.32 bits per heavy atom. The minimum atomic E-state index is -0.261. The van der Waals surface area contributed by atoms with E-state index in [1.165, 1.54) is 12.8 Å². The topological polar surface area (TPSA) is 60.9 Å². The number of carbonyl (C=O) groups excluding carboxylic acids is 1. The van der Waals surface area contributed by atoms with E-state index in [0.717, 1.165) is 32.2 Å². The summed E-state index contributed by atoms with van der Waals surface area (Å²) < 4.78 is 17.7. The fraction of sp³-hybridized carbons (Fsp3) is 0.684. The summed E-state index contributed by atoms with van der Waals surface area (Å²) >= 11 is 0. The van der Waals surface area contributed by atoms with Crippen LogP contribution in [0, 0.1) is 0 Å². The molecular formula is C19H26N2O4. The Morgan fingerprint density at radius 3 is 3.00 bits per heavy atom. The Balaban J connectivity index is 1.26. The first-order chi connectivity index (χ1) is 12.2. The predicted molar refractivity (Wildman–Crippen MR) is 91.4 cm³/mol. The van der Waals surface area contributed by atoms with Crippen LogP contribution in [-0.2, 0) is 14.3 Å². The first kappa shape index (κ1) is 16.8. The molecule has 0 aromatic carbocycles. The lowest BCUT2D eigenvalue weighted by Gasteiger charge is -2.23. The summed E-state index contributed by atoms with van der Waals surface area (Å²) in [6.07, 6.45) is 8.29. The van der Waals surface area contributed by atoms with Gasteiger partial charge < -0.3 is 19.1 Å². The zero-order valence-corrected chi connectivity index (χ0v) is 14.6. The summed E-state index contributed by atoms with van der Waals surface area (Å²) in [4.78, 5) is 18.5. The van der Waals surface area contributed by atoms with Crippen LogP contribution in [0.2, 0.25) is 0 Å². The first-order valence-corrected chi connectivity index (χ1v) is 9.33. The maximum atomic E-state index is 12.4. The third-order valence-corrected chi connectivity index (χ3v) is 5.51. The highest BCUT2D eigenvalue weighted by Gasteiger charge is 2.47. The van der Waals surface area contributed by atoms with E-state index in [1.54, 1.807) is 6.20 Å². The van der Waals surface area contributed by atoms with Gasteiger partial charge >= 0.3 is 0 Å². The molecule has 6 nitrogen and oxygen atoms in total. The monoisotopic (exact) mass is 346 g/mol. The van der Waals surface area contributed by atoms with Gasteiger partial charge in [-0.1, -0.05) is 18.9 Å². The SMILES string of the molecule is O=C(COC1CCCC1)N1CC[C@]2(C[C@H](Oc3ccccn3)CO2)C1. The molecule has 2 aliphatic heterocycles. The maximum Gasteiger partial charge on any atom is 0.248 e. The normalized spacial score (nSPS) is 29.6. The van der Waals surface area contributed by atoms with E-state index in [2.05, 4.69) is 4.98 Å². The molecule has 1 amide bonds. The van der Waals surface area contributed by atoms with Crippen molar-refractivity contribution in [2.75, 3.05) is 26.3 Å². The smallest absolute Gasteiger partial charge is 0.248 e. The van der Waals surface area contributed by atoms with Crippen LogP contribution in [0.25, 0.3) is 0 Å². The van der Waals surface area contributed by atoms with Gasteiger partial charge in [0.25, 0.3) is 0 Å².